The van der Waals surface area contributed by atoms with Crippen molar-refractivity contribution in [2.24, 2.45) is 5.84 Å². The Kier molecular flexibility index (Phi) is 5.31. The first-order valence-corrected chi connectivity index (χ1v) is 7.04. The molecule has 1 saturated heterocycles. The zero-order chi connectivity index (χ0) is 13.7. The Balaban J connectivity index is 1.93. The van der Waals surface area contributed by atoms with E-state index in [-0.39, 0.29) is 11.9 Å². The first-order valence-electron chi connectivity index (χ1n) is 7.04. The summed E-state index contributed by atoms with van der Waals surface area (Å²) < 4.78 is 19.3. The molecule has 2 rings (SSSR count). The molecule has 106 valence electrons. The number of benzene rings is 1. The van der Waals surface area contributed by atoms with Crippen LogP contribution in [0.5, 0.6) is 0 Å². The van der Waals surface area contributed by atoms with Crippen LogP contribution in [0.1, 0.15) is 49.3 Å². The minimum atomic E-state index is -0.174. The predicted octanol–water partition coefficient (Wildman–Crippen LogP) is 2.99. The van der Waals surface area contributed by atoms with Gasteiger partial charge in [-0.05, 0) is 56.2 Å². The van der Waals surface area contributed by atoms with Crippen molar-refractivity contribution in [1.29, 1.82) is 0 Å². The van der Waals surface area contributed by atoms with Crippen molar-refractivity contribution in [3.05, 3.63) is 35.1 Å². The second-order valence-electron chi connectivity index (χ2n) is 5.29. The lowest BCUT2D eigenvalue weighted by molar-refractivity contribution is 0.00854. The van der Waals surface area contributed by atoms with Gasteiger partial charge in [-0.1, -0.05) is 12.1 Å². The summed E-state index contributed by atoms with van der Waals surface area (Å²) in [5.41, 5.74) is 4.35. The molecular weight excluding hydrogens is 243 g/mol. The largest absolute Gasteiger partial charge is 0.378 e. The molecule has 0 radical (unpaired) electrons. The molecule has 0 saturated carbocycles. The predicted molar refractivity (Wildman–Crippen MR) is 74.0 cm³/mol. The van der Waals surface area contributed by atoms with Crippen molar-refractivity contribution in [2.75, 3.05) is 6.61 Å². The van der Waals surface area contributed by atoms with Crippen LogP contribution in [0.15, 0.2) is 18.2 Å². The highest BCUT2D eigenvalue weighted by molar-refractivity contribution is 5.25. The average molecular weight is 266 g/mol. The molecule has 0 amide bonds. The number of nitrogens with two attached hydrogens (primary N) is 1. The third-order valence-corrected chi connectivity index (χ3v) is 3.85. The fourth-order valence-electron chi connectivity index (χ4n) is 2.56. The van der Waals surface area contributed by atoms with E-state index in [1.54, 1.807) is 19.1 Å². The Morgan fingerprint density at radius 2 is 2.32 bits per heavy atom. The molecular formula is C15H23FN2O. The Bertz CT molecular complexity index is 405. The van der Waals surface area contributed by atoms with Gasteiger partial charge in [-0.3, -0.25) is 11.3 Å². The van der Waals surface area contributed by atoms with Crippen LogP contribution in [-0.2, 0) is 4.74 Å². The summed E-state index contributed by atoms with van der Waals surface area (Å²) in [6.07, 6.45) is 5.69. The first-order chi connectivity index (χ1) is 9.20. The van der Waals surface area contributed by atoms with Crippen LogP contribution in [0.2, 0.25) is 0 Å². The van der Waals surface area contributed by atoms with Crippen LogP contribution in [0.25, 0.3) is 0 Å². The highest BCUT2D eigenvalue weighted by Crippen LogP contribution is 2.24. The monoisotopic (exact) mass is 266 g/mol. The van der Waals surface area contributed by atoms with Gasteiger partial charge >= 0.3 is 0 Å². The molecule has 1 heterocycles. The molecule has 0 aliphatic carbocycles. The maximum atomic E-state index is 13.6. The molecule has 2 unspecified atom stereocenters. The zero-order valence-electron chi connectivity index (χ0n) is 11.5. The number of aryl methyl sites for hydroxylation is 1. The van der Waals surface area contributed by atoms with Gasteiger partial charge in [-0.25, -0.2) is 4.39 Å². The van der Waals surface area contributed by atoms with E-state index in [4.69, 9.17) is 10.6 Å². The summed E-state index contributed by atoms with van der Waals surface area (Å²) in [4.78, 5) is 0. The smallest absolute Gasteiger partial charge is 0.126 e. The lowest BCUT2D eigenvalue weighted by Crippen LogP contribution is -2.29. The molecule has 3 N–H and O–H groups in total. The fraction of sp³-hybridized carbons (Fsp3) is 0.600. The van der Waals surface area contributed by atoms with Crippen LogP contribution in [0.4, 0.5) is 4.39 Å². The van der Waals surface area contributed by atoms with Crippen LogP contribution in [0.3, 0.4) is 0 Å². The van der Waals surface area contributed by atoms with Crippen LogP contribution < -0.4 is 11.3 Å². The van der Waals surface area contributed by atoms with E-state index in [2.05, 4.69) is 5.43 Å². The van der Waals surface area contributed by atoms with Crippen molar-refractivity contribution in [1.82, 2.24) is 5.43 Å². The number of halogens is 1. The molecule has 0 spiro atoms. The second-order valence-corrected chi connectivity index (χ2v) is 5.29. The molecule has 4 heteroatoms. The summed E-state index contributed by atoms with van der Waals surface area (Å²) in [6, 6.07) is 5.29. The van der Waals surface area contributed by atoms with Gasteiger partial charge in [0.1, 0.15) is 5.82 Å². The van der Waals surface area contributed by atoms with Gasteiger partial charge in [0.2, 0.25) is 0 Å². The highest BCUT2D eigenvalue weighted by atomic mass is 19.1. The van der Waals surface area contributed by atoms with Gasteiger partial charge in [0, 0.05) is 12.6 Å². The van der Waals surface area contributed by atoms with Crippen molar-refractivity contribution in [3.63, 3.8) is 0 Å². The highest BCUT2D eigenvalue weighted by Gasteiger charge is 2.17. The molecule has 1 fully saturated rings. The Morgan fingerprint density at radius 3 is 2.95 bits per heavy atom. The quantitative estimate of drug-likeness (QED) is 0.636. The minimum absolute atomic E-state index is 0.0133. The summed E-state index contributed by atoms with van der Waals surface area (Å²) in [6.45, 7) is 2.63. The standard InChI is InChI=1S/C15H23FN2O/c1-11-5-6-12(10-14(11)16)15(18-17)8-7-13-4-2-3-9-19-13/h5-6,10,13,15,18H,2-4,7-9,17H2,1H3. The maximum absolute atomic E-state index is 13.6. The van der Waals surface area contributed by atoms with Crippen molar-refractivity contribution < 1.29 is 9.13 Å². The number of hydrazine groups is 1. The molecule has 3 nitrogen and oxygen atoms in total. The topological polar surface area (TPSA) is 47.3 Å². The van der Waals surface area contributed by atoms with Crippen LogP contribution >= 0.6 is 0 Å². The Labute approximate surface area is 114 Å². The van der Waals surface area contributed by atoms with Gasteiger partial charge in [0.15, 0.2) is 0 Å². The van der Waals surface area contributed by atoms with E-state index in [0.29, 0.717) is 11.7 Å². The normalized spacial score (nSPS) is 21.3. The fourth-order valence-corrected chi connectivity index (χ4v) is 2.56. The second kappa shape index (κ2) is 6.98. The third kappa shape index (κ3) is 4.00. The van der Waals surface area contributed by atoms with Crippen LogP contribution in [-0.4, -0.2) is 12.7 Å². The number of ether oxygens (including phenoxy) is 1. The van der Waals surface area contributed by atoms with Crippen LogP contribution in [0, 0.1) is 12.7 Å². The number of hydrogen-bond donors (Lipinski definition) is 2. The zero-order valence-corrected chi connectivity index (χ0v) is 11.5. The van der Waals surface area contributed by atoms with E-state index < -0.39 is 0 Å². The third-order valence-electron chi connectivity index (χ3n) is 3.85. The SMILES string of the molecule is Cc1ccc(C(CCC2CCCCO2)NN)cc1F. The summed E-state index contributed by atoms with van der Waals surface area (Å²) in [7, 11) is 0. The van der Waals surface area contributed by atoms with Gasteiger partial charge in [-0.15, -0.1) is 0 Å². The van der Waals surface area contributed by atoms with E-state index in [9.17, 15) is 4.39 Å². The van der Waals surface area contributed by atoms with Gasteiger partial charge in [-0.2, -0.15) is 0 Å². The van der Waals surface area contributed by atoms with Gasteiger partial charge < -0.3 is 4.74 Å². The minimum Gasteiger partial charge on any atom is -0.378 e. The molecule has 1 aromatic carbocycles. The molecule has 0 bridgehead atoms. The summed E-state index contributed by atoms with van der Waals surface area (Å²) in [5.74, 6) is 5.42. The van der Waals surface area contributed by atoms with Crippen molar-refractivity contribution in [2.45, 2.75) is 51.2 Å². The van der Waals surface area contributed by atoms with Crippen molar-refractivity contribution in [3.8, 4) is 0 Å². The Hall–Kier alpha value is -0.970. The Morgan fingerprint density at radius 1 is 1.47 bits per heavy atom. The number of nitrogens with one attached hydrogen (secondary N) is 1. The summed E-state index contributed by atoms with van der Waals surface area (Å²) in [5, 5.41) is 0. The number of rotatable bonds is 5. The average Bonchev–Trinajstić information content (AvgIpc) is 2.44. The number of hydrogen-bond acceptors (Lipinski definition) is 3. The van der Waals surface area contributed by atoms with Gasteiger partial charge in [0.25, 0.3) is 0 Å². The van der Waals surface area contributed by atoms with E-state index in [0.717, 1.165) is 37.9 Å². The van der Waals surface area contributed by atoms with E-state index in [1.165, 1.54) is 6.42 Å². The molecule has 1 aliphatic heterocycles. The maximum Gasteiger partial charge on any atom is 0.126 e. The lowest BCUT2D eigenvalue weighted by Gasteiger charge is -2.25. The lowest BCUT2D eigenvalue weighted by atomic mass is 9.97. The molecule has 19 heavy (non-hydrogen) atoms. The van der Waals surface area contributed by atoms with E-state index in [1.807, 2.05) is 6.07 Å². The molecule has 0 aromatic heterocycles. The van der Waals surface area contributed by atoms with E-state index >= 15 is 0 Å². The molecule has 1 aromatic rings. The van der Waals surface area contributed by atoms with Gasteiger partial charge in [0.05, 0.1) is 6.10 Å². The molecule has 1 aliphatic rings. The summed E-state index contributed by atoms with van der Waals surface area (Å²) >= 11 is 0. The molecule has 2 atom stereocenters. The first kappa shape index (κ1) is 14.4. The van der Waals surface area contributed by atoms with Crippen molar-refractivity contribution >= 4 is 0 Å².